The largest absolute Gasteiger partial charge is 0.490 e. The second-order valence-electron chi connectivity index (χ2n) is 7.74. The van der Waals surface area contributed by atoms with Crippen molar-refractivity contribution in [1.82, 2.24) is 10.4 Å². The Kier molecular flexibility index (Phi) is 6.26. The first-order valence-electron chi connectivity index (χ1n) is 9.01. The summed E-state index contributed by atoms with van der Waals surface area (Å²) in [6.07, 6.45) is 0. The van der Waals surface area contributed by atoms with Gasteiger partial charge in [-0.3, -0.25) is 25.1 Å². The van der Waals surface area contributed by atoms with Crippen molar-refractivity contribution in [3.8, 4) is 5.75 Å². The summed E-state index contributed by atoms with van der Waals surface area (Å²) in [7, 11) is 1.29. The van der Waals surface area contributed by atoms with E-state index >= 15 is 0 Å². The number of amides is 2. The number of hydrogen-bond acceptors (Lipinski definition) is 5. The molecule has 0 saturated heterocycles. The van der Waals surface area contributed by atoms with Crippen LogP contribution in [0.1, 0.15) is 52.6 Å². The zero-order valence-electron chi connectivity index (χ0n) is 17.4. The monoisotopic (exact) mass is 399 g/mol. The highest BCUT2D eigenvalue weighted by atomic mass is 16.6. The van der Waals surface area contributed by atoms with Crippen LogP contribution in [0.4, 0.5) is 5.69 Å². The highest BCUT2D eigenvalue weighted by molar-refractivity contribution is 6.02. The van der Waals surface area contributed by atoms with Crippen LogP contribution in [0.25, 0.3) is 0 Å². The van der Waals surface area contributed by atoms with Gasteiger partial charge in [-0.2, -0.15) is 0 Å². The molecule has 0 radical (unpaired) electrons. The summed E-state index contributed by atoms with van der Waals surface area (Å²) >= 11 is 0. The molecule has 0 atom stereocenters. The number of aryl methyl sites for hydroxylation is 2. The van der Waals surface area contributed by atoms with E-state index in [-0.39, 0.29) is 11.3 Å². The van der Waals surface area contributed by atoms with Gasteiger partial charge in [0.2, 0.25) is 0 Å². The van der Waals surface area contributed by atoms with Gasteiger partial charge in [0.25, 0.3) is 11.8 Å². The predicted octanol–water partition coefficient (Wildman–Crippen LogP) is 3.81. The van der Waals surface area contributed by atoms with Crippen molar-refractivity contribution >= 4 is 17.5 Å². The molecule has 1 N–H and O–H groups in total. The van der Waals surface area contributed by atoms with Crippen LogP contribution in [0.15, 0.2) is 36.4 Å². The minimum Gasteiger partial charge on any atom is -0.490 e. The molecule has 0 spiro atoms. The Hall–Kier alpha value is -3.42. The van der Waals surface area contributed by atoms with E-state index in [1.165, 1.54) is 25.3 Å². The van der Waals surface area contributed by atoms with Gasteiger partial charge in [0.15, 0.2) is 5.75 Å². The number of rotatable bonds is 4. The topological polar surface area (TPSA) is 102 Å². The summed E-state index contributed by atoms with van der Waals surface area (Å²) < 4.78 is 5.04. The van der Waals surface area contributed by atoms with Crippen LogP contribution in [0.2, 0.25) is 0 Å². The molecule has 8 heteroatoms. The average Bonchev–Trinajstić information content (AvgIpc) is 2.62. The van der Waals surface area contributed by atoms with Crippen molar-refractivity contribution in [1.29, 1.82) is 0 Å². The lowest BCUT2D eigenvalue weighted by atomic mass is 10.0. The first-order valence-corrected chi connectivity index (χ1v) is 9.01. The summed E-state index contributed by atoms with van der Waals surface area (Å²) in [6.45, 7) is 8.90. The van der Waals surface area contributed by atoms with Gasteiger partial charge in [-0.05, 0) is 58.9 Å². The van der Waals surface area contributed by atoms with Gasteiger partial charge in [-0.15, -0.1) is 0 Å². The zero-order valence-corrected chi connectivity index (χ0v) is 17.4. The van der Waals surface area contributed by atoms with E-state index in [4.69, 9.17) is 4.74 Å². The fraction of sp³-hybridized carbons (Fsp3) is 0.333. The molecule has 0 saturated carbocycles. The molecule has 0 bridgehead atoms. The highest BCUT2D eigenvalue weighted by Crippen LogP contribution is 2.32. The van der Waals surface area contributed by atoms with Gasteiger partial charge >= 0.3 is 5.69 Å². The van der Waals surface area contributed by atoms with Gasteiger partial charge in [0.1, 0.15) is 5.56 Å². The number of nitro groups is 1. The lowest BCUT2D eigenvalue weighted by Crippen LogP contribution is -2.56. The van der Waals surface area contributed by atoms with Gasteiger partial charge in [-0.1, -0.05) is 23.3 Å². The molecule has 0 unspecified atom stereocenters. The molecule has 0 fully saturated rings. The summed E-state index contributed by atoms with van der Waals surface area (Å²) in [5.74, 6) is -1.22. The summed E-state index contributed by atoms with van der Waals surface area (Å²) in [4.78, 5) is 37.0. The van der Waals surface area contributed by atoms with E-state index in [2.05, 4.69) is 5.43 Å². The van der Waals surface area contributed by atoms with E-state index in [0.29, 0.717) is 5.56 Å². The van der Waals surface area contributed by atoms with Crippen LogP contribution in [0.3, 0.4) is 0 Å². The number of carbonyl (C=O) groups is 2. The normalized spacial score (nSPS) is 11.0. The van der Waals surface area contributed by atoms with E-state index in [1.54, 1.807) is 32.9 Å². The van der Waals surface area contributed by atoms with Crippen LogP contribution in [0.5, 0.6) is 5.75 Å². The Morgan fingerprint density at radius 2 is 1.69 bits per heavy atom. The Labute approximate surface area is 169 Å². The van der Waals surface area contributed by atoms with Gasteiger partial charge in [0.05, 0.1) is 17.6 Å². The first-order chi connectivity index (χ1) is 13.5. The molecule has 2 aromatic rings. The number of nitrogens with one attached hydrogen (secondary N) is 1. The minimum absolute atomic E-state index is 0.0321. The third-order valence-corrected chi connectivity index (χ3v) is 4.20. The second-order valence-corrected chi connectivity index (χ2v) is 7.74. The molecule has 0 aliphatic rings. The quantitative estimate of drug-likeness (QED) is 0.622. The number of ether oxygens (including phenoxy) is 1. The third-order valence-electron chi connectivity index (χ3n) is 4.20. The number of nitro benzene ring substituents is 1. The van der Waals surface area contributed by atoms with Crippen molar-refractivity contribution in [2.45, 2.75) is 40.2 Å². The third kappa shape index (κ3) is 4.90. The van der Waals surface area contributed by atoms with Crippen molar-refractivity contribution in [3.63, 3.8) is 0 Å². The van der Waals surface area contributed by atoms with Crippen LogP contribution < -0.4 is 10.2 Å². The number of methoxy groups -OCH3 is 1. The Bertz CT molecular complexity index is 943. The van der Waals surface area contributed by atoms with Gasteiger partial charge in [0, 0.05) is 5.56 Å². The molecule has 2 aromatic carbocycles. The van der Waals surface area contributed by atoms with Crippen molar-refractivity contribution in [2.75, 3.05) is 7.11 Å². The number of hydrogen-bond donors (Lipinski definition) is 1. The summed E-state index contributed by atoms with van der Waals surface area (Å²) in [5, 5.41) is 12.7. The van der Waals surface area contributed by atoms with Crippen LogP contribution in [-0.4, -0.2) is 34.4 Å². The molecule has 0 heterocycles. The Morgan fingerprint density at radius 3 is 2.17 bits per heavy atom. The number of benzene rings is 2. The van der Waals surface area contributed by atoms with Crippen molar-refractivity contribution in [2.24, 2.45) is 0 Å². The van der Waals surface area contributed by atoms with Crippen LogP contribution in [0, 0.1) is 24.0 Å². The van der Waals surface area contributed by atoms with Crippen molar-refractivity contribution in [3.05, 3.63) is 68.8 Å². The molecule has 2 amide bonds. The molecule has 2 rings (SSSR count). The summed E-state index contributed by atoms with van der Waals surface area (Å²) in [6, 6.07) is 9.59. The Morgan fingerprint density at radius 1 is 1.10 bits per heavy atom. The van der Waals surface area contributed by atoms with Crippen molar-refractivity contribution < 1.29 is 19.2 Å². The van der Waals surface area contributed by atoms with E-state index in [1.807, 2.05) is 19.9 Å². The summed E-state index contributed by atoms with van der Waals surface area (Å²) in [5.41, 5.74) is 3.35. The molecule has 0 aliphatic carbocycles. The molecular formula is C21H25N3O5. The molecular weight excluding hydrogens is 374 g/mol. The molecule has 154 valence electrons. The minimum atomic E-state index is -0.845. The maximum absolute atomic E-state index is 13.2. The number of nitrogens with zero attached hydrogens (tertiary/aromatic N) is 2. The smallest absolute Gasteiger partial charge is 0.323 e. The SMILES string of the molecule is COc1cccc(C(=O)N(NC(=O)c2cc(C)cc(C)c2)C(C)(C)C)c1[N+](=O)[O-]. The fourth-order valence-electron chi connectivity index (χ4n) is 2.96. The highest BCUT2D eigenvalue weighted by Gasteiger charge is 2.35. The van der Waals surface area contributed by atoms with E-state index in [0.717, 1.165) is 16.1 Å². The molecule has 0 aliphatic heterocycles. The lowest BCUT2D eigenvalue weighted by molar-refractivity contribution is -0.386. The van der Waals surface area contributed by atoms with E-state index < -0.39 is 28.0 Å². The van der Waals surface area contributed by atoms with Crippen LogP contribution in [-0.2, 0) is 0 Å². The maximum Gasteiger partial charge on any atom is 0.323 e. The first kappa shape index (κ1) is 21.9. The van der Waals surface area contributed by atoms with Crippen LogP contribution >= 0.6 is 0 Å². The number of hydrazine groups is 1. The standard InChI is InChI=1S/C21H25N3O5/c1-13-10-14(2)12-15(11-13)19(25)22-23(21(3,4)5)20(26)16-8-7-9-17(29-6)18(16)24(27)28/h7-12H,1-6H3,(H,22,25). The fourth-order valence-corrected chi connectivity index (χ4v) is 2.96. The maximum atomic E-state index is 13.2. The average molecular weight is 399 g/mol. The molecule has 0 aromatic heterocycles. The molecule has 29 heavy (non-hydrogen) atoms. The predicted molar refractivity (Wildman–Crippen MR) is 109 cm³/mol. The van der Waals surface area contributed by atoms with Gasteiger partial charge < -0.3 is 4.74 Å². The second kappa shape index (κ2) is 8.30. The number of para-hydroxylation sites is 1. The molecule has 8 nitrogen and oxygen atoms in total. The van der Waals surface area contributed by atoms with E-state index in [9.17, 15) is 19.7 Å². The lowest BCUT2D eigenvalue weighted by Gasteiger charge is -2.35. The zero-order chi connectivity index (χ0) is 21.9. The Balaban J connectivity index is 2.48. The number of carbonyl (C=O) groups excluding carboxylic acids is 2. The van der Waals surface area contributed by atoms with Gasteiger partial charge in [-0.25, -0.2) is 5.01 Å².